The summed E-state index contributed by atoms with van der Waals surface area (Å²) in [6.07, 6.45) is 3.05. The van der Waals surface area contributed by atoms with E-state index in [1.54, 1.807) is 7.11 Å². The van der Waals surface area contributed by atoms with E-state index in [9.17, 15) is 0 Å². The van der Waals surface area contributed by atoms with E-state index in [-0.39, 0.29) is 71.4 Å². The summed E-state index contributed by atoms with van der Waals surface area (Å²) in [6, 6.07) is 0. The minimum Gasteiger partial charge on any atom is -0.394 e. The molecule has 0 bridgehead atoms. The number of rotatable bonds is 31. The highest BCUT2D eigenvalue weighted by Gasteiger charge is 2.31. The fraction of sp³-hybridized carbons (Fsp3) is 1.00. The smallest absolute Gasteiger partial charge is 0.0701 e. The maximum absolute atomic E-state index is 8.17. The van der Waals surface area contributed by atoms with Crippen LogP contribution in [0.25, 0.3) is 0 Å². The van der Waals surface area contributed by atoms with E-state index >= 15 is 0 Å². The van der Waals surface area contributed by atoms with E-state index in [4.69, 9.17) is 43.0 Å². The SMILES string of the molecule is BrCC(CBr)(CBr)CBr.C.C.C.C.C.C.C.C.CCCOCCO.CCCOCCOCC(CBr)(COCCOCCC)COCCOCCOC. The highest BCUT2D eigenvalue weighted by Crippen LogP contribution is 2.27. The predicted molar refractivity (Wildman–Crippen MR) is 253 cm³/mol. The van der Waals surface area contributed by atoms with Gasteiger partial charge in [-0.3, -0.25) is 0 Å². The number of aliphatic hydroxyl groups is 1. The van der Waals surface area contributed by atoms with E-state index in [1.165, 1.54) is 0 Å². The van der Waals surface area contributed by atoms with E-state index in [1.807, 2.05) is 6.92 Å². The third kappa shape index (κ3) is 56.4. The Bertz CT molecular complexity index is 492. The standard InChI is InChI=1S/C20H41BrO7.C5H8Br4.C5H12O2.8CH4/c1-4-6-23-10-13-26-17-20(16-21,18-27-14-11-24-7-5-2)19-28-15-12-25-9-8-22-3;6-1-5(2-7,3-8)4-9;1-2-4-7-5-3-6;;;;;;;;/h4-19H2,1-3H3;1-4H2;6H,2-5H2,1H3;8*1H4. The lowest BCUT2D eigenvalue weighted by Gasteiger charge is -2.31. The Morgan fingerprint density at radius 1 is 0.365 bits per heavy atom. The van der Waals surface area contributed by atoms with Crippen molar-refractivity contribution in [2.45, 2.75) is 99.4 Å². The molecular formula is C38H93Br5O9. The van der Waals surface area contributed by atoms with Crippen molar-refractivity contribution in [3.05, 3.63) is 0 Å². The molecule has 14 heteroatoms. The van der Waals surface area contributed by atoms with E-state index in [2.05, 4.69) is 93.5 Å². The maximum atomic E-state index is 8.17. The molecule has 0 aromatic heterocycles. The molecule has 0 aliphatic heterocycles. The van der Waals surface area contributed by atoms with Crippen molar-refractivity contribution in [1.29, 1.82) is 0 Å². The quantitative estimate of drug-likeness (QED) is 0.0538. The van der Waals surface area contributed by atoms with Gasteiger partial charge in [0.2, 0.25) is 0 Å². The first-order valence-electron chi connectivity index (χ1n) is 15.3. The van der Waals surface area contributed by atoms with Crippen LogP contribution >= 0.6 is 79.6 Å². The molecule has 0 aromatic carbocycles. The van der Waals surface area contributed by atoms with Crippen LogP contribution in [-0.4, -0.2) is 145 Å². The Labute approximate surface area is 369 Å². The normalized spacial score (nSPS) is 9.81. The highest BCUT2D eigenvalue weighted by atomic mass is 79.9. The van der Waals surface area contributed by atoms with Gasteiger partial charge in [-0.15, -0.1) is 0 Å². The molecule has 0 saturated heterocycles. The van der Waals surface area contributed by atoms with Crippen LogP contribution in [0.15, 0.2) is 0 Å². The Hall–Kier alpha value is 2.04. The summed E-state index contributed by atoms with van der Waals surface area (Å²) in [5, 5.41) is 12.9. The zero-order valence-corrected chi connectivity index (χ0v) is 35.5. The van der Waals surface area contributed by atoms with Gasteiger partial charge in [-0.05, 0) is 19.3 Å². The molecule has 0 unspecified atom stereocenters. The van der Waals surface area contributed by atoms with Crippen molar-refractivity contribution >= 4 is 79.6 Å². The van der Waals surface area contributed by atoms with E-state index in [0.717, 1.165) is 65.7 Å². The van der Waals surface area contributed by atoms with Crippen LogP contribution < -0.4 is 0 Å². The van der Waals surface area contributed by atoms with Crippen molar-refractivity contribution in [2.24, 2.45) is 10.8 Å². The third-order valence-electron chi connectivity index (χ3n) is 5.47. The van der Waals surface area contributed by atoms with Gasteiger partial charge >= 0.3 is 0 Å². The van der Waals surface area contributed by atoms with Gasteiger partial charge in [0.25, 0.3) is 0 Å². The summed E-state index contributed by atoms with van der Waals surface area (Å²) in [4.78, 5) is 0. The number of methoxy groups -OCH3 is 1. The van der Waals surface area contributed by atoms with E-state index < -0.39 is 0 Å². The minimum atomic E-state index is -0.262. The van der Waals surface area contributed by atoms with Gasteiger partial charge in [0.15, 0.2) is 0 Å². The second-order valence-electron chi connectivity index (χ2n) is 9.99. The summed E-state index contributed by atoms with van der Waals surface area (Å²) in [5.41, 5.74) is 0.0715. The van der Waals surface area contributed by atoms with Gasteiger partial charge in [0.1, 0.15) is 0 Å². The van der Waals surface area contributed by atoms with Crippen LogP contribution in [0.5, 0.6) is 0 Å². The van der Waals surface area contributed by atoms with Crippen molar-refractivity contribution in [3.63, 3.8) is 0 Å². The molecule has 0 fully saturated rings. The molecule has 9 nitrogen and oxygen atoms in total. The van der Waals surface area contributed by atoms with Crippen molar-refractivity contribution < 1.29 is 43.0 Å². The van der Waals surface area contributed by atoms with Gasteiger partial charge in [-0.1, -0.05) is 160 Å². The minimum absolute atomic E-state index is 0. The molecule has 334 valence electrons. The molecule has 52 heavy (non-hydrogen) atoms. The molecule has 0 radical (unpaired) electrons. The molecule has 1 N–H and O–H groups in total. The molecule has 0 amide bonds. The molecule has 0 rings (SSSR count). The molecule has 0 atom stereocenters. The van der Waals surface area contributed by atoms with Crippen LogP contribution in [0, 0.1) is 10.8 Å². The van der Waals surface area contributed by atoms with Crippen LogP contribution in [0.4, 0.5) is 0 Å². The van der Waals surface area contributed by atoms with Crippen LogP contribution in [0.3, 0.4) is 0 Å². The summed E-state index contributed by atoms with van der Waals surface area (Å²) in [6.45, 7) is 15.3. The number of aliphatic hydroxyl groups excluding tert-OH is 1. The van der Waals surface area contributed by atoms with Crippen LogP contribution in [-0.2, 0) is 37.9 Å². The zero-order chi connectivity index (χ0) is 33.6. The molecule has 0 saturated carbocycles. The number of hydrogen-bond donors (Lipinski definition) is 1. The van der Waals surface area contributed by atoms with Gasteiger partial charge in [0.05, 0.1) is 91.3 Å². The second kappa shape index (κ2) is 67.8. The first-order chi connectivity index (χ1) is 21.4. The number of alkyl halides is 5. The number of hydrogen-bond acceptors (Lipinski definition) is 9. The predicted octanol–water partition coefficient (Wildman–Crippen LogP) is 12.0. The molecule has 0 heterocycles. The topological polar surface area (TPSA) is 94.1 Å². The van der Waals surface area contributed by atoms with Crippen molar-refractivity contribution in [2.75, 3.05) is 139 Å². The average molecular weight is 1090 g/mol. The average Bonchev–Trinajstić information content (AvgIpc) is 3.06. The lowest BCUT2D eigenvalue weighted by Crippen LogP contribution is -2.40. The monoisotopic (exact) mass is 1090 g/mol. The molecule has 0 aliphatic carbocycles. The van der Waals surface area contributed by atoms with Crippen LogP contribution in [0.1, 0.15) is 99.4 Å². The van der Waals surface area contributed by atoms with Gasteiger partial charge < -0.3 is 43.0 Å². The summed E-state index contributed by atoms with van der Waals surface area (Å²) >= 11 is 17.5. The lowest BCUT2D eigenvalue weighted by molar-refractivity contribution is -0.0776. The first-order valence-corrected chi connectivity index (χ1v) is 20.9. The summed E-state index contributed by atoms with van der Waals surface area (Å²) in [5.74, 6) is 0. The van der Waals surface area contributed by atoms with Crippen molar-refractivity contribution in [3.8, 4) is 0 Å². The highest BCUT2D eigenvalue weighted by molar-refractivity contribution is 9.11. The Morgan fingerprint density at radius 3 is 0.846 bits per heavy atom. The Balaban J connectivity index is -0.0000000658. The molecular weight excluding hydrogens is 1000 g/mol. The van der Waals surface area contributed by atoms with Gasteiger partial charge in [-0.25, -0.2) is 0 Å². The fourth-order valence-corrected chi connectivity index (χ4v) is 8.78. The lowest BCUT2D eigenvalue weighted by atomic mass is 9.94. The molecule has 0 aliphatic rings. The zero-order valence-electron chi connectivity index (χ0n) is 27.6. The van der Waals surface area contributed by atoms with Crippen molar-refractivity contribution in [1.82, 2.24) is 0 Å². The molecule has 0 spiro atoms. The summed E-state index contributed by atoms with van der Waals surface area (Å²) in [7, 11) is 1.66. The van der Waals surface area contributed by atoms with Crippen LogP contribution in [0.2, 0.25) is 0 Å². The Kier molecular flexibility index (Phi) is 107. The number of halogens is 5. The first kappa shape index (κ1) is 82.1. The molecule has 0 aromatic rings. The fourth-order valence-electron chi connectivity index (χ4n) is 2.72. The van der Waals surface area contributed by atoms with Gasteiger partial charge in [-0.2, -0.15) is 0 Å². The second-order valence-corrected chi connectivity index (χ2v) is 12.8. The van der Waals surface area contributed by atoms with Gasteiger partial charge in [0, 0.05) is 59.0 Å². The third-order valence-corrected chi connectivity index (χ3v) is 11.4. The number of ether oxygens (including phenoxy) is 8. The maximum Gasteiger partial charge on any atom is 0.0701 e. The Morgan fingerprint density at radius 2 is 0.615 bits per heavy atom. The largest absolute Gasteiger partial charge is 0.394 e. The van der Waals surface area contributed by atoms with E-state index in [0.29, 0.717) is 84.7 Å². The summed E-state index contributed by atoms with van der Waals surface area (Å²) < 4.78 is 43.8.